The molecule has 0 fully saturated rings. The molecule has 0 aliphatic carbocycles. The van der Waals surface area contributed by atoms with E-state index in [1.807, 2.05) is 13.0 Å². The van der Waals surface area contributed by atoms with E-state index in [0.29, 0.717) is 23.4 Å². The van der Waals surface area contributed by atoms with Crippen molar-refractivity contribution in [2.75, 3.05) is 11.1 Å². The highest BCUT2D eigenvalue weighted by Crippen LogP contribution is 2.29. The zero-order valence-electron chi connectivity index (χ0n) is 11.5. The SMILES string of the molecule is Cc1cnc(CNc2c(F)cc(N)c3cccnc23)cn1. The van der Waals surface area contributed by atoms with Crippen molar-refractivity contribution in [2.45, 2.75) is 13.5 Å². The number of hydrogen-bond donors (Lipinski definition) is 2. The molecule has 3 aromatic rings. The highest BCUT2D eigenvalue weighted by molar-refractivity contribution is 5.98. The first kappa shape index (κ1) is 13.2. The Hall–Kier alpha value is -2.76. The number of pyridine rings is 1. The third-order valence-corrected chi connectivity index (χ3v) is 3.16. The molecule has 3 rings (SSSR count). The Balaban J connectivity index is 1.95. The van der Waals surface area contributed by atoms with E-state index in [9.17, 15) is 4.39 Å². The van der Waals surface area contributed by atoms with Gasteiger partial charge in [-0.25, -0.2) is 4.39 Å². The topological polar surface area (TPSA) is 76.7 Å². The van der Waals surface area contributed by atoms with E-state index in [0.717, 1.165) is 16.8 Å². The predicted octanol–water partition coefficient (Wildman–Crippen LogP) is 2.67. The van der Waals surface area contributed by atoms with Gasteiger partial charge in [0.15, 0.2) is 5.82 Å². The van der Waals surface area contributed by atoms with Crippen molar-refractivity contribution >= 4 is 22.3 Å². The summed E-state index contributed by atoms with van der Waals surface area (Å²) in [6.45, 7) is 2.22. The smallest absolute Gasteiger partial charge is 0.150 e. The Morgan fingerprint density at radius 3 is 2.86 bits per heavy atom. The summed E-state index contributed by atoms with van der Waals surface area (Å²) in [5.41, 5.74) is 8.58. The molecule has 2 aromatic heterocycles. The molecule has 3 N–H and O–H groups in total. The van der Waals surface area contributed by atoms with Gasteiger partial charge in [0, 0.05) is 23.5 Å². The molecule has 0 aliphatic rings. The summed E-state index contributed by atoms with van der Waals surface area (Å²) in [6, 6.07) is 4.88. The van der Waals surface area contributed by atoms with E-state index in [1.165, 1.54) is 6.07 Å². The molecule has 0 saturated heterocycles. The number of nitrogens with two attached hydrogens (primary N) is 1. The van der Waals surface area contributed by atoms with Gasteiger partial charge in [-0.1, -0.05) is 0 Å². The Morgan fingerprint density at radius 2 is 2.10 bits per heavy atom. The van der Waals surface area contributed by atoms with Gasteiger partial charge in [0.2, 0.25) is 0 Å². The number of halogens is 1. The van der Waals surface area contributed by atoms with Gasteiger partial charge in [-0.2, -0.15) is 0 Å². The van der Waals surface area contributed by atoms with Crippen LogP contribution < -0.4 is 11.1 Å². The van der Waals surface area contributed by atoms with Crippen LogP contribution in [-0.4, -0.2) is 15.0 Å². The number of nitrogen functional groups attached to an aromatic ring is 1. The average molecular weight is 283 g/mol. The maximum Gasteiger partial charge on any atom is 0.150 e. The van der Waals surface area contributed by atoms with Crippen molar-refractivity contribution in [3.63, 3.8) is 0 Å². The Morgan fingerprint density at radius 1 is 1.24 bits per heavy atom. The van der Waals surface area contributed by atoms with Crippen molar-refractivity contribution < 1.29 is 4.39 Å². The second kappa shape index (κ2) is 5.32. The van der Waals surface area contributed by atoms with E-state index in [1.54, 1.807) is 24.7 Å². The lowest BCUT2D eigenvalue weighted by atomic mass is 10.1. The summed E-state index contributed by atoms with van der Waals surface area (Å²) < 4.78 is 14.1. The van der Waals surface area contributed by atoms with Crippen LogP contribution in [0.25, 0.3) is 10.9 Å². The third kappa shape index (κ3) is 2.60. The minimum atomic E-state index is -0.432. The van der Waals surface area contributed by atoms with Gasteiger partial charge in [-0.15, -0.1) is 0 Å². The molecule has 0 saturated carbocycles. The fourth-order valence-corrected chi connectivity index (χ4v) is 2.09. The van der Waals surface area contributed by atoms with Crippen molar-refractivity contribution in [3.05, 3.63) is 54.0 Å². The quantitative estimate of drug-likeness (QED) is 0.723. The second-order valence-electron chi connectivity index (χ2n) is 4.72. The van der Waals surface area contributed by atoms with Gasteiger partial charge < -0.3 is 11.1 Å². The molecule has 0 aliphatic heterocycles. The zero-order valence-corrected chi connectivity index (χ0v) is 11.5. The van der Waals surface area contributed by atoms with Crippen LogP contribution in [0.1, 0.15) is 11.4 Å². The number of anilines is 2. The molecular formula is C15H14FN5. The minimum Gasteiger partial charge on any atom is -0.398 e. The van der Waals surface area contributed by atoms with Crippen LogP contribution in [0.3, 0.4) is 0 Å². The summed E-state index contributed by atoms with van der Waals surface area (Å²) >= 11 is 0. The summed E-state index contributed by atoms with van der Waals surface area (Å²) in [5.74, 6) is -0.432. The molecule has 106 valence electrons. The summed E-state index contributed by atoms with van der Waals surface area (Å²) in [6.07, 6.45) is 4.94. The van der Waals surface area contributed by atoms with Crippen LogP contribution in [0.2, 0.25) is 0 Å². The Kier molecular flexibility index (Phi) is 3.35. The highest BCUT2D eigenvalue weighted by atomic mass is 19.1. The molecule has 0 radical (unpaired) electrons. The number of rotatable bonds is 3. The molecule has 0 unspecified atom stereocenters. The second-order valence-corrected chi connectivity index (χ2v) is 4.72. The molecule has 21 heavy (non-hydrogen) atoms. The molecule has 0 bridgehead atoms. The summed E-state index contributed by atoms with van der Waals surface area (Å²) in [4.78, 5) is 12.6. The van der Waals surface area contributed by atoms with Crippen LogP contribution in [0.5, 0.6) is 0 Å². The number of benzene rings is 1. The first-order valence-electron chi connectivity index (χ1n) is 6.49. The van der Waals surface area contributed by atoms with Crippen molar-refractivity contribution in [1.82, 2.24) is 15.0 Å². The molecule has 0 atom stereocenters. The number of nitrogens with one attached hydrogen (secondary N) is 1. The predicted molar refractivity (Wildman–Crippen MR) is 80.2 cm³/mol. The normalized spacial score (nSPS) is 10.8. The monoisotopic (exact) mass is 283 g/mol. The van der Waals surface area contributed by atoms with E-state index < -0.39 is 5.82 Å². The zero-order chi connectivity index (χ0) is 14.8. The number of aryl methyl sites for hydroxylation is 1. The van der Waals surface area contributed by atoms with Gasteiger partial charge in [0.25, 0.3) is 0 Å². The van der Waals surface area contributed by atoms with Crippen molar-refractivity contribution in [3.8, 4) is 0 Å². The molecule has 0 spiro atoms. The number of fused-ring (bicyclic) bond motifs is 1. The molecule has 1 aromatic carbocycles. The Labute approximate surface area is 121 Å². The van der Waals surface area contributed by atoms with Crippen LogP contribution in [0.15, 0.2) is 36.8 Å². The maximum absolute atomic E-state index is 14.1. The number of hydrogen-bond acceptors (Lipinski definition) is 5. The van der Waals surface area contributed by atoms with Gasteiger partial charge >= 0.3 is 0 Å². The number of nitrogens with zero attached hydrogens (tertiary/aromatic N) is 3. The summed E-state index contributed by atoms with van der Waals surface area (Å²) in [5, 5.41) is 3.74. The molecule has 6 heteroatoms. The lowest BCUT2D eigenvalue weighted by Crippen LogP contribution is -2.06. The van der Waals surface area contributed by atoms with E-state index in [2.05, 4.69) is 20.3 Å². The molecular weight excluding hydrogens is 269 g/mol. The standard InChI is InChI=1S/C15H14FN5/c1-9-6-20-10(7-19-9)8-21-15-12(16)5-13(17)11-3-2-4-18-14(11)15/h2-7,21H,8,17H2,1H3. The van der Waals surface area contributed by atoms with E-state index >= 15 is 0 Å². The van der Waals surface area contributed by atoms with Crippen LogP contribution in [0.4, 0.5) is 15.8 Å². The first-order valence-corrected chi connectivity index (χ1v) is 6.49. The molecule has 2 heterocycles. The van der Waals surface area contributed by atoms with Gasteiger partial charge in [-0.05, 0) is 25.1 Å². The van der Waals surface area contributed by atoms with Gasteiger partial charge in [0.05, 0.1) is 35.3 Å². The van der Waals surface area contributed by atoms with Crippen LogP contribution in [0, 0.1) is 12.7 Å². The van der Waals surface area contributed by atoms with Crippen LogP contribution >= 0.6 is 0 Å². The van der Waals surface area contributed by atoms with Crippen LogP contribution in [-0.2, 0) is 6.54 Å². The fraction of sp³-hybridized carbons (Fsp3) is 0.133. The van der Waals surface area contributed by atoms with Crippen molar-refractivity contribution in [2.24, 2.45) is 0 Å². The van der Waals surface area contributed by atoms with Gasteiger partial charge in [0.1, 0.15) is 0 Å². The maximum atomic E-state index is 14.1. The summed E-state index contributed by atoms with van der Waals surface area (Å²) in [7, 11) is 0. The van der Waals surface area contributed by atoms with E-state index in [4.69, 9.17) is 5.73 Å². The highest BCUT2D eigenvalue weighted by Gasteiger charge is 2.11. The first-order chi connectivity index (χ1) is 10.1. The third-order valence-electron chi connectivity index (χ3n) is 3.16. The Bertz CT molecular complexity index is 786. The lowest BCUT2D eigenvalue weighted by Gasteiger charge is -2.11. The van der Waals surface area contributed by atoms with Gasteiger partial charge in [-0.3, -0.25) is 15.0 Å². The fourth-order valence-electron chi connectivity index (χ4n) is 2.09. The molecule has 5 nitrogen and oxygen atoms in total. The van der Waals surface area contributed by atoms with Crippen molar-refractivity contribution in [1.29, 1.82) is 0 Å². The largest absolute Gasteiger partial charge is 0.398 e. The average Bonchev–Trinajstić information content (AvgIpc) is 2.49. The lowest BCUT2D eigenvalue weighted by molar-refractivity contribution is 0.632. The minimum absolute atomic E-state index is 0.321. The van der Waals surface area contributed by atoms with E-state index in [-0.39, 0.29) is 0 Å². The molecule has 0 amide bonds. The number of aromatic nitrogens is 3.